The highest BCUT2D eigenvalue weighted by Crippen LogP contribution is 2.22. The lowest BCUT2D eigenvalue weighted by Gasteiger charge is -2.35. The van der Waals surface area contributed by atoms with Crippen LogP contribution in [0.3, 0.4) is 0 Å². The van der Waals surface area contributed by atoms with Crippen LogP contribution < -0.4 is 20.3 Å². The predicted molar refractivity (Wildman–Crippen MR) is 146 cm³/mol. The number of urea groups is 1. The van der Waals surface area contributed by atoms with Gasteiger partial charge < -0.3 is 20.3 Å². The summed E-state index contributed by atoms with van der Waals surface area (Å²) in [6.45, 7) is 2.42. The number of piperazine rings is 1. The second-order valence-corrected chi connectivity index (χ2v) is 11.0. The van der Waals surface area contributed by atoms with Crippen LogP contribution >= 0.6 is 0 Å². The number of carbonyl (C=O) groups is 1. The first kappa shape index (κ1) is 26.5. The number of benzene rings is 3. The van der Waals surface area contributed by atoms with Gasteiger partial charge in [0.05, 0.1) is 18.9 Å². The molecule has 2 N–H and O–H groups in total. The number of methoxy groups -OCH3 is 1. The molecule has 1 fully saturated rings. The molecule has 4 rings (SSSR count). The van der Waals surface area contributed by atoms with Crippen molar-refractivity contribution in [1.29, 1.82) is 0 Å². The second-order valence-electron chi connectivity index (χ2n) is 8.91. The lowest BCUT2D eigenvalue weighted by molar-refractivity contribution is 0.238. The largest absolute Gasteiger partial charge is 0.497 e. The standard InChI is InChI=1S/C28H34N4O4S/c1-36-26-15-13-25(14-16-26)31-18-20-32(21-19-31)37(34,35)22-8-17-29-28(33)30-27(23-9-4-2-5-10-23)24-11-6-3-7-12-24/h2-7,9-16,27H,8,17-22H2,1H3,(H2,29,30,33). The average molecular weight is 523 g/mol. The number of ether oxygens (including phenoxy) is 1. The van der Waals surface area contributed by atoms with Crippen LogP contribution in [0.25, 0.3) is 0 Å². The van der Waals surface area contributed by atoms with E-state index in [4.69, 9.17) is 4.74 Å². The van der Waals surface area contributed by atoms with Crippen molar-refractivity contribution in [2.75, 3.05) is 50.5 Å². The SMILES string of the molecule is COc1ccc(N2CCN(S(=O)(=O)CCCNC(=O)NC(c3ccccc3)c3ccccc3)CC2)cc1. The first-order chi connectivity index (χ1) is 18.0. The maximum absolute atomic E-state index is 12.9. The quantitative estimate of drug-likeness (QED) is 0.397. The molecule has 1 aliphatic rings. The monoisotopic (exact) mass is 522 g/mol. The molecule has 1 aliphatic heterocycles. The van der Waals surface area contributed by atoms with Crippen molar-refractivity contribution in [1.82, 2.24) is 14.9 Å². The molecule has 0 saturated carbocycles. The molecule has 37 heavy (non-hydrogen) atoms. The zero-order chi connectivity index (χ0) is 26.1. The lowest BCUT2D eigenvalue weighted by Crippen LogP contribution is -2.49. The van der Waals surface area contributed by atoms with Gasteiger partial charge in [0, 0.05) is 38.4 Å². The predicted octanol–water partition coefficient (Wildman–Crippen LogP) is 3.63. The van der Waals surface area contributed by atoms with Gasteiger partial charge in [0.25, 0.3) is 0 Å². The Kier molecular flexibility index (Phi) is 9.03. The van der Waals surface area contributed by atoms with Crippen LogP contribution in [0.4, 0.5) is 10.5 Å². The summed E-state index contributed by atoms with van der Waals surface area (Å²) in [6, 6.07) is 26.7. The molecule has 0 spiro atoms. The van der Waals surface area contributed by atoms with E-state index in [1.54, 1.807) is 11.4 Å². The molecule has 9 heteroatoms. The van der Waals surface area contributed by atoms with Crippen LogP contribution in [0.1, 0.15) is 23.6 Å². The number of nitrogens with zero attached hydrogens (tertiary/aromatic N) is 2. The molecular formula is C28H34N4O4S. The van der Waals surface area contributed by atoms with Crippen molar-refractivity contribution < 1.29 is 17.9 Å². The van der Waals surface area contributed by atoms with Gasteiger partial charge in [-0.1, -0.05) is 60.7 Å². The molecule has 0 aromatic heterocycles. The van der Waals surface area contributed by atoms with Crippen LogP contribution in [-0.4, -0.2) is 64.3 Å². The first-order valence-electron chi connectivity index (χ1n) is 12.5. The van der Waals surface area contributed by atoms with Gasteiger partial charge in [-0.2, -0.15) is 4.31 Å². The van der Waals surface area contributed by atoms with Gasteiger partial charge in [-0.25, -0.2) is 13.2 Å². The summed E-state index contributed by atoms with van der Waals surface area (Å²) >= 11 is 0. The molecule has 3 aromatic rings. The van der Waals surface area contributed by atoms with E-state index in [9.17, 15) is 13.2 Å². The molecule has 1 saturated heterocycles. The summed E-state index contributed by atoms with van der Waals surface area (Å²) in [5.74, 6) is 0.791. The van der Waals surface area contributed by atoms with E-state index in [-0.39, 0.29) is 24.4 Å². The third-order valence-electron chi connectivity index (χ3n) is 6.48. The minimum absolute atomic E-state index is 0.00336. The number of hydrogen-bond donors (Lipinski definition) is 2. The lowest BCUT2D eigenvalue weighted by atomic mass is 9.99. The minimum atomic E-state index is -3.39. The van der Waals surface area contributed by atoms with Crippen molar-refractivity contribution in [2.45, 2.75) is 12.5 Å². The summed E-state index contributed by atoms with van der Waals surface area (Å²) in [5, 5.41) is 5.83. The molecule has 0 unspecified atom stereocenters. The molecule has 0 bridgehead atoms. The Balaban J connectivity index is 1.23. The highest BCUT2D eigenvalue weighted by molar-refractivity contribution is 7.89. The summed E-state index contributed by atoms with van der Waals surface area (Å²) in [6.07, 6.45) is 0.343. The minimum Gasteiger partial charge on any atom is -0.497 e. The smallest absolute Gasteiger partial charge is 0.315 e. The van der Waals surface area contributed by atoms with Gasteiger partial charge in [0.1, 0.15) is 5.75 Å². The maximum Gasteiger partial charge on any atom is 0.315 e. The number of hydrogen-bond acceptors (Lipinski definition) is 5. The Hall–Kier alpha value is -3.56. The van der Waals surface area contributed by atoms with E-state index in [0.717, 1.165) is 22.6 Å². The van der Waals surface area contributed by atoms with Crippen LogP contribution in [-0.2, 0) is 10.0 Å². The van der Waals surface area contributed by atoms with Crippen LogP contribution in [0, 0.1) is 0 Å². The van der Waals surface area contributed by atoms with Crippen molar-refractivity contribution in [2.24, 2.45) is 0 Å². The molecule has 0 atom stereocenters. The molecule has 196 valence electrons. The van der Waals surface area contributed by atoms with Gasteiger partial charge in [-0.05, 0) is 41.8 Å². The number of amides is 2. The number of anilines is 1. The number of nitrogens with one attached hydrogen (secondary N) is 2. The highest BCUT2D eigenvalue weighted by Gasteiger charge is 2.26. The fourth-order valence-corrected chi connectivity index (χ4v) is 5.92. The van der Waals surface area contributed by atoms with Gasteiger partial charge in [0.2, 0.25) is 10.0 Å². The van der Waals surface area contributed by atoms with Gasteiger partial charge in [-0.15, -0.1) is 0 Å². The topological polar surface area (TPSA) is 91.0 Å². The Morgan fingerprint density at radius 1 is 0.865 bits per heavy atom. The number of sulfonamides is 1. The normalized spacial score (nSPS) is 14.4. The maximum atomic E-state index is 12.9. The Morgan fingerprint density at radius 3 is 1.97 bits per heavy atom. The molecular weight excluding hydrogens is 488 g/mol. The third-order valence-corrected chi connectivity index (χ3v) is 8.43. The van der Waals surface area contributed by atoms with Crippen molar-refractivity contribution in [3.05, 3.63) is 96.1 Å². The first-order valence-corrected chi connectivity index (χ1v) is 14.1. The Labute approximate surface area is 219 Å². The molecule has 2 amide bonds. The van der Waals surface area contributed by atoms with Gasteiger partial charge >= 0.3 is 6.03 Å². The van der Waals surface area contributed by atoms with E-state index in [0.29, 0.717) is 32.6 Å². The zero-order valence-electron chi connectivity index (χ0n) is 21.0. The van der Waals surface area contributed by atoms with E-state index >= 15 is 0 Å². The molecule has 0 aliphatic carbocycles. The van der Waals surface area contributed by atoms with Crippen molar-refractivity contribution in [3.63, 3.8) is 0 Å². The van der Waals surface area contributed by atoms with E-state index in [1.807, 2.05) is 84.9 Å². The van der Waals surface area contributed by atoms with E-state index < -0.39 is 10.0 Å². The fourth-order valence-electron chi connectivity index (χ4n) is 4.44. The summed E-state index contributed by atoms with van der Waals surface area (Å²) in [5.41, 5.74) is 3.00. The van der Waals surface area contributed by atoms with E-state index in [2.05, 4.69) is 15.5 Å². The van der Waals surface area contributed by atoms with Crippen molar-refractivity contribution >= 4 is 21.7 Å². The molecule has 0 radical (unpaired) electrons. The van der Waals surface area contributed by atoms with Crippen LogP contribution in [0.15, 0.2) is 84.9 Å². The summed E-state index contributed by atoms with van der Waals surface area (Å²) < 4.78 is 32.5. The molecule has 3 aromatic carbocycles. The van der Waals surface area contributed by atoms with Gasteiger partial charge in [0.15, 0.2) is 0 Å². The third kappa shape index (κ3) is 7.24. The van der Waals surface area contributed by atoms with Crippen LogP contribution in [0.2, 0.25) is 0 Å². The zero-order valence-corrected chi connectivity index (χ0v) is 21.9. The molecule has 1 heterocycles. The van der Waals surface area contributed by atoms with Gasteiger partial charge in [-0.3, -0.25) is 0 Å². The number of rotatable bonds is 10. The summed E-state index contributed by atoms with van der Waals surface area (Å²) in [4.78, 5) is 14.8. The second kappa shape index (κ2) is 12.6. The van der Waals surface area contributed by atoms with Crippen molar-refractivity contribution in [3.8, 4) is 5.75 Å². The highest BCUT2D eigenvalue weighted by atomic mass is 32.2. The number of carbonyl (C=O) groups excluding carboxylic acids is 1. The molecule has 8 nitrogen and oxygen atoms in total. The van der Waals surface area contributed by atoms with E-state index in [1.165, 1.54) is 0 Å². The van der Waals surface area contributed by atoms with Crippen LogP contribution in [0.5, 0.6) is 5.75 Å². The fraction of sp³-hybridized carbons (Fsp3) is 0.321. The Morgan fingerprint density at radius 2 is 1.43 bits per heavy atom. The average Bonchev–Trinajstić information content (AvgIpc) is 2.95. The Bertz CT molecular complexity index is 1190. The summed E-state index contributed by atoms with van der Waals surface area (Å²) in [7, 11) is -1.76.